The SMILES string of the molecule is Cc1cn(-c2ccccc2)nc1NC(=O)[C@H](C)N1CCN(C)CC1. The van der Waals surface area contributed by atoms with Gasteiger partial charge in [-0.25, -0.2) is 4.68 Å². The molecule has 0 bridgehead atoms. The molecule has 2 heterocycles. The number of piperazine rings is 1. The van der Waals surface area contributed by atoms with Crippen LogP contribution in [0.25, 0.3) is 5.69 Å². The second kappa shape index (κ2) is 7.15. The first kappa shape index (κ1) is 16.7. The van der Waals surface area contributed by atoms with E-state index in [0.717, 1.165) is 37.4 Å². The molecule has 2 aromatic rings. The summed E-state index contributed by atoms with van der Waals surface area (Å²) in [7, 11) is 2.11. The Morgan fingerprint density at radius 3 is 2.50 bits per heavy atom. The van der Waals surface area contributed by atoms with Crippen LogP contribution in [-0.4, -0.2) is 64.8 Å². The van der Waals surface area contributed by atoms with Crippen LogP contribution in [0.5, 0.6) is 0 Å². The summed E-state index contributed by atoms with van der Waals surface area (Å²) in [6.45, 7) is 7.76. The van der Waals surface area contributed by atoms with Crippen molar-refractivity contribution < 1.29 is 4.79 Å². The Morgan fingerprint density at radius 2 is 1.83 bits per heavy atom. The highest BCUT2D eigenvalue weighted by atomic mass is 16.2. The van der Waals surface area contributed by atoms with Gasteiger partial charge in [0.1, 0.15) is 0 Å². The molecule has 1 aliphatic rings. The number of anilines is 1. The number of para-hydroxylation sites is 1. The van der Waals surface area contributed by atoms with Gasteiger partial charge in [0.15, 0.2) is 5.82 Å². The molecule has 24 heavy (non-hydrogen) atoms. The molecule has 0 radical (unpaired) electrons. The largest absolute Gasteiger partial charge is 0.308 e. The molecule has 1 saturated heterocycles. The standard InChI is InChI=1S/C18H25N5O/c1-14-13-23(16-7-5-4-6-8-16)20-17(14)19-18(24)15(2)22-11-9-21(3)10-12-22/h4-8,13,15H,9-12H2,1-3H3,(H,19,20,24)/t15-/m0/s1. The summed E-state index contributed by atoms with van der Waals surface area (Å²) in [5.74, 6) is 0.630. The summed E-state index contributed by atoms with van der Waals surface area (Å²) >= 11 is 0. The molecule has 3 rings (SSSR count). The highest BCUT2D eigenvalue weighted by Gasteiger charge is 2.25. The summed E-state index contributed by atoms with van der Waals surface area (Å²) in [6, 6.07) is 9.75. The maximum absolute atomic E-state index is 12.6. The van der Waals surface area contributed by atoms with E-state index in [1.165, 1.54) is 0 Å². The van der Waals surface area contributed by atoms with E-state index in [4.69, 9.17) is 0 Å². The van der Waals surface area contributed by atoms with Gasteiger partial charge in [-0.15, -0.1) is 5.10 Å². The Balaban J connectivity index is 1.67. The number of nitrogens with zero attached hydrogens (tertiary/aromatic N) is 4. The summed E-state index contributed by atoms with van der Waals surface area (Å²) in [6.07, 6.45) is 1.94. The lowest BCUT2D eigenvalue weighted by Gasteiger charge is -2.35. The van der Waals surface area contributed by atoms with E-state index in [1.807, 2.05) is 50.4 Å². The maximum atomic E-state index is 12.6. The molecule has 1 aromatic heterocycles. The van der Waals surface area contributed by atoms with E-state index in [-0.39, 0.29) is 11.9 Å². The van der Waals surface area contributed by atoms with Crippen LogP contribution in [0.15, 0.2) is 36.5 Å². The molecule has 0 aliphatic carbocycles. The first-order chi connectivity index (χ1) is 11.5. The van der Waals surface area contributed by atoms with Crippen molar-refractivity contribution in [2.24, 2.45) is 0 Å². The smallest absolute Gasteiger partial charge is 0.242 e. The van der Waals surface area contributed by atoms with Crippen LogP contribution in [0, 0.1) is 6.92 Å². The minimum atomic E-state index is -0.153. The summed E-state index contributed by atoms with van der Waals surface area (Å²) < 4.78 is 1.80. The zero-order chi connectivity index (χ0) is 17.1. The molecule has 0 saturated carbocycles. The lowest BCUT2D eigenvalue weighted by Crippen LogP contribution is -2.51. The van der Waals surface area contributed by atoms with Crippen molar-refractivity contribution in [3.63, 3.8) is 0 Å². The zero-order valence-electron chi connectivity index (χ0n) is 14.6. The number of carbonyl (C=O) groups excluding carboxylic acids is 1. The van der Waals surface area contributed by atoms with Gasteiger partial charge < -0.3 is 10.2 Å². The fraction of sp³-hybridized carbons (Fsp3) is 0.444. The highest BCUT2D eigenvalue weighted by molar-refractivity contribution is 5.94. The van der Waals surface area contributed by atoms with Crippen molar-refractivity contribution in [3.8, 4) is 5.69 Å². The number of amides is 1. The molecule has 1 aliphatic heterocycles. The van der Waals surface area contributed by atoms with E-state index in [2.05, 4.69) is 27.3 Å². The number of rotatable bonds is 4. The van der Waals surface area contributed by atoms with Crippen molar-refractivity contribution in [2.75, 3.05) is 38.5 Å². The second-order valence-corrected chi connectivity index (χ2v) is 6.45. The van der Waals surface area contributed by atoms with Crippen LogP contribution >= 0.6 is 0 Å². The average molecular weight is 327 g/mol. The van der Waals surface area contributed by atoms with Gasteiger partial charge in [0, 0.05) is 37.9 Å². The van der Waals surface area contributed by atoms with Crippen LogP contribution in [-0.2, 0) is 4.79 Å². The van der Waals surface area contributed by atoms with Gasteiger partial charge in [0.05, 0.1) is 11.7 Å². The van der Waals surface area contributed by atoms with Gasteiger partial charge >= 0.3 is 0 Å². The predicted molar refractivity (Wildman–Crippen MR) is 95.5 cm³/mol. The van der Waals surface area contributed by atoms with Crippen molar-refractivity contribution in [3.05, 3.63) is 42.1 Å². The molecular formula is C18H25N5O. The van der Waals surface area contributed by atoms with Gasteiger partial charge in [-0.3, -0.25) is 9.69 Å². The Bertz CT molecular complexity index is 689. The summed E-state index contributed by atoms with van der Waals surface area (Å²) in [5.41, 5.74) is 1.94. The van der Waals surface area contributed by atoms with Gasteiger partial charge in [-0.1, -0.05) is 18.2 Å². The average Bonchev–Trinajstić information content (AvgIpc) is 2.96. The number of benzene rings is 1. The van der Waals surface area contributed by atoms with Crippen molar-refractivity contribution in [1.82, 2.24) is 19.6 Å². The lowest BCUT2D eigenvalue weighted by molar-refractivity contribution is -0.121. The topological polar surface area (TPSA) is 53.4 Å². The monoisotopic (exact) mass is 327 g/mol. The molecule has 1 fully saturated rings. The van der Waals surface area contributed by atoms with Crippen LogP contribution in [0.4, 0.5) is 5.82 Å². The third-order valence-electron chi connectivity index (χ3n) is 4.62. The van der Waals surface area contributed by atoms with Gasteiger partial charge in [-0.2, -0.15) is 0 Å². The molecule has 6 nitrogen and oxygen atoms in total. The Kier molecular flexibility index (Phi) is 4.97. The van der Waals surface area contributed by atoms with Crippen molar-refractivity contribution in [2.45, 2.75) is 19.9 Å². The van der Waals surface area contributed by atoms with Crippen LogP contribution in [0.1, 0.15) is 12.5 Å². The number of hydrogen-bond acceptors (Lipinski definition) is 4. The predicted octanol–water partition coefficient (Wildman–Crippen LogP) is 1.76. The number of likely N-dealkylation sites (N-methyl/N-ethyl adjacent to an activating group) is 1. The van der Waals surface area contributed by atoms with E-state index in [0.29, 0.717) is 5.82 Å². The third kappa shape index (κ3) is 3.66. The first-order valence-corrected chi connectivity index (χ1v) is 8.40. The van der Waals surface area contributed by atoms with Gasteiger partial charge in [-0.05, 0) is 33.0 Å². The first-order valence-electron chi connectivity index (χ1n) is 8.40. The lowest BCUT2D eigenvalue weighted by atomic mass is 10.2. The van der Waals surface area contributed by atoms with Crippen LogP contribution in [0.3, 0.4) is 0 Å². The molecular weight excluding hydrogens is 302 g/mol. The fourth-order valence-electron chi connectivity index (χ4n) is 2.89. The van der Waals surface area contributed by atoms with E-state index in [9.17, 15) is 4.79 Å². The quantitative estimate of drug-likeness (QED) is 0.930. The normalized spacial score (nSPS) is 17.6. The fourth-order valence-corrected chi connectivity index (χ4v) is 2.89. The second-order valence-electron chi connectivity index (χ2n) is 6.45. The number of nitrogens with one attached hydrogen (secondary N) is 1. The maximum Gasteiger partial charge on any atom is 0.242 e. The molecule has 6 heteroatoms. The summed E-state index contributed by atoms with van der Waals surface area (Å²) in [4.78, 5) is 17.1. The van der Waals surface area contributed by atoms with Gasteiger partial charge in [0.2, 0.25) is 5.91 Å². The van der Waals surface area contributed by atoms with E-state index < -0.39 is 0 Å². The minimum absolute atomic E-state index is 0.000893. The zero-order valence-corrected chi connectivity index (χ0v) is 14.6. The number of aromatic nitrogens is 2. The highest BCUT2D eigenvalue weighted by Crippen LogP contribution is 2.16. The molecule has 1 amide bonds. The van der Waals surface area contributed by atoms with Crippen molar-refractivity contribution >= 4 is 11.7 Å². The Morgan fingerprint density at radius 1 is 1.17 bits per heavy atom. The molecule has 1 aromatic carbocycles. The van der Waals surface area contributed by atoms with Crippen LogP contribution in [0.2, 0.25) is 0 Å². The molecule has 1 N–H and O–H groups in total. The van der Waals surface area contributed by atoms with Crippen LogP contribution < -0.4 is 5.32 Å². The number of carbonyl (C=O) groups is 1. The number of aryl methyl sites for hydroxylation is 1. The summed E-state index contributed by atoms with van der Waals surface area (Å²) in [5, 5.41) is 7.50. The molecule has 0 unspecified atom stereocenters. The third-order valence-corrected chi connectivity index (χ3v) is 4.62. The Hall–Kier alpha value is -2.18. The molecule has 0 spiro atoms. The van der Waals surface area contributed by atoms with Crippen molar-refractivity contribution in [1.29, 1.82) is 0 Å². The number of hydrogen-bond donors (Lipinski definition) is 1. The Labute approximate surface area is 143 Å². The van der Waals surface area contributed by atoms with Gasteiger partial charge in [0.25, 0.3) is 0 Å². The molecule has 1 atom stereocenters. The minimum Gasteiger partial charge on any atom is -0.308 e. The van der Waals surface area contributed by atoms with E-state index in [1.54, 1.807) is 4.68 Å². The van der Waals surface area contributed by atoms with E-state index >= 15 is 0 Å². The molecule has 128 valence electrons.